The van der Waals surface area contributed by atoms with Crippen molar-refractivity contribution in [1.82, 2.24) is 15.5 Å². The molecule has 2 saturated heterocycles. The molecule has 0 spiro atoms. The van der Waals surface area contributed by atoms with Crippen molar-refractivity contribution in [2.75, 3.05) is 49.5 Å². The van der Waals surface area contributed by atoms with Gasteiger partial charge in [-0.2, -0.15) is 13.2 Å². The van der Waals surface area contributed by atoms with Crippen LogP contribution in [0.15, 0.2) is 48.5 Å². The van der Waals surface area contributed by atoms with Crippen molar-refractivity contribution in [3.8, 4) is 0 Å². The highest BCUT2D eigenvalue weighted by molar-refractivity contribution is 5.74. The molecule has 0 aliphatic carbocycles. The largest absolute Gasteiger partial charge is 0.391 e. The molecule has 6 nitrogen and oxygen atoms in total. The number of anilines is 3. The van der Waals surface area contributed by atoms with E-state index < -0.39 is 12.1 Å². The number of hydrogen-bond donors (Lipinski definition) is 3. The van der Waals surface area contributed by atoms with Gasteiger partial charge in [0.05, 0.1) is 5.92 Å². The average Bonchev–Trinajstić information content (AvgIpc) is 2.84. The predicted molar refractivity (Wildman–Crippen MR) is 124 cm³/mol. The summed E-state index contributed by atoms with van der Waals surface area (Å²) < 4.78 is 38.6. The van der Waals surface area contributed by atoms with E-state index in [1.807, 2.05) is 58.3 Å². The Morgan fingerprint density at radius 1 is 0.909 bits per heavy atom. The van der Waals surface area contributed by atoms with Gasteiger partial charge in [0.25, 0.3) is 0 Å². The SMILES string of the molecule is O=C(NCc1ccc(Nc2ccc(N3CCC(C(F)(F)F)CC3)cc2)cc1)N1CCNCC1. The molecule has 2 aromatic rings. The molecule has 0 atom stereocenters. The molecule has 2 aliphatic heterocycles. The van der Waals surface area contributed by atoms with Crippen molar-refractivity contribution in [3.63, 3.8) is 0 Å². The molecule has 0 saturated carbocycles. The molecular formula is C24H30F3N5O. The summed E-state index contributed by atoms with van der Waals surface area (Å²) >= 11 is 0. The Balaban J connectivity index is 1.25. The fourth-order valence-electron chi connectivity index (χ4n) is 4.25. The van der Waals surface area contributed by atoms with Gasteiger partial charge in [-0.1, -0.05) is 12.1 Å². The fraction of sp³-hybridized carbons (Fsp3) is 0.458. The Labute approximate surface area is 192 Å². The van der Waals surface area contributed by atoms with Crippen LogP contribution >= 0.6 is 0 Å². The Hall–Kier alpha value is -2.94. The average molecular weight is 462 g/mol. The molecule has 0 radical (unpaired) electrons. The zero-order valence-corrected chi connectivity index (χ0v) is 18.5. The zero-order chi connectivity index (χ0) is 23.3. The number of halogens is 3. The van der Waals surface area contributed by atoms with E-state index in [2.05, 4.69) is 16.0 Å². The minimum Gasteiger partial charge on any atom is -0.372 e. The number of urea groups is 1. The van der Waals surface area contributed by atoms with Crippen molar-refractivity contribution >= 4 is 23.1 Å². The lowest BCUT2D eigenvalue weighted by Gasteiger charge is -2.34. The molecule has 0 unspecified atom stereocenters. The highest BCUT2D eigenvalue weighted by Gasteiger charge is 2.41. The van der Waals surface area contributed by atoms with Crippen LogP contribution in [0.1, 0.15) is 18.4 Å². The molecule has 9 heteroatoms. The molecule has 33 heavy (non-hydrogen) atoms. The van der Waals surface area contributed by atoms with Crippen LogP contribution in [0.4, 0.5) is 35.0 Å². The monoisotopic (exact) mass is 461 g/mol. The molecule has 2 fully saturated rings. The molecule has 178 valence electrons. The molecule has 4 rings (SSSR count). The van der Waals surface area contributed by atoms with Gasteiger partial charge in [-0.25, -0.2) is 4.79 Å². The van der Waals surface area contributed by atoms with Gasteiger partial charge in [-0.15, -0.1) is 0 Å². The summed E-state index contributed by atoms with van der Waals surface area (Å²) in [7, 11) is 0. The van der Waals surface area contributed by atoms with Crippen LogP contribution in [0.3, 0.4) is 0 Å². The van der Waals surface area contributed by atoms with E-state index in [1.165, 1.54) is 0 Å². The van der Waals surface area contributed by atoms with Crippen LogP contribution < -0.4 is 20.9 Å². The number of benzene rings is 2. The minimum absolute atomic E-state index is 0.0403. The van der Waals surface area contributed by atoms with Crippen LogP contribution in [-0.4, -0.2) is 56.4 Å². The lowest BCUT2D eigenvalue weighted by atomic mass is 9.96. The van der Waals surface area contributed by atoms with Crippen molar-refractivity contribution < 1.29 is 18.0 Å². The second-order valence-corrected chi connectivity index (χ2v) is 8.57. The summed E-state index contributed by atoms with van der Waals surface area (Å²) in [5, 5.41) is 9.52. The van der Waals surface area contributed by atoms with E-state index >= 15 is 0 Å². The van der Waals surface area contributed by atoms with Crippen molar-refractivity contribution in [1.29, 1.82) is 0 Å². The van der Waals surface area contributed by atoms with Gasteiger partial charge in [-0.05, 0) is 54.8 Å². The van der Waals surface area contributed by atoms with Crippen LogP contribution in [0.25, 0.3) is 0 Å². The summed E-state index contributed by atoms with van der Waals surface area (Å²) in [6.07, 6.45) is -3.80. The zero-order valence-electron chi connectivity index (χ0n) is 18.5. The number of nitrogens with zero attached hydrogens (tertiary/aromatic N) is 2. The van der Waals surface area contributed by atoms with E-state index in [0.717, 1.165) is 48.8 Å². The third-order valence-electron chi connectivity index (χ3n) is 6.28. The van der Waals surface area contributed by atoms with E-state index in [1.54, 1.807) is 0 Å². The van der Waals surface area contributed by atoms with Crippen molar-refractivity contribution in [3.05, 3.63) is 54.1 Å². The van der Waals surface area contributed by atoms with Crippen LogP contribution in [0.2, 0.25) is 0 Å². The topological polar surface area (TPSA) is 59.6 Å². The van der Waals surface area contributed by atoms with E-state index in [9.17, 15) is 18.0 Å². The van der Waals surface area contributed by atoms with Gasteiger partial charge >= 0.3 is 12.2 Å². The number of amides is 2. The number of piperidine rings is 1. The number of alkyl halides is 3. The summed E-state index contributed by atoms with van der Waals surface area (Å²) in [5.41, 5.74) is 3.79. The first-order valence-corrected chi connectivity index (χ1v) is 11.4. The van der Waals surface area contributed by atoms with E-state index in [-0.39, 0.29) is 18.9 Å². The standard InChI is InChI=1S/C24H30F3N5O/c25-24(26,27)19-9-13-31(14-10-19)22-7-5-21(6-8-22)30-20-3-1-18(2-4-20)17-29-23(33)32-15-11-28-12-16-32/h1-8,19,28,30H,9-17H2,(H,29,33). The summed E-state index contributed by atoms with van der Waals surface area (Å²) in [5.74, 6) is -1.19. The summed E-state index contributed by atoms with van der Waals surface area (Å²) in [6.45, 7) is 4.41. The first kappa shape index (κ1) is 23.2. The Morgan fingerprint density at radius 2 is 1.48 bits per heavy atom. The highest BCUT2D eigenvalue weighted by Crippen LogP contribution is 2.35. The third kappa shape index (κ3) is 6.31. The molecular weight excluding hydrogens is 431 g/mol. The molecule has 2 amide bonds. The van der Waals surface area contributed by atoms with E-state index in [0.29, 0.717) is 19.6 Å². The number of hydrogen-bond acceptors (Lipinski definition) is 4. The Bertz CT molecular complexity index is 903. The predicted octanol–water partition coefficient (Wildman–Crippen LogP) is 4.32. The van der Waals surface area contributed by atoms with Gasteiger partial charge in [0.1, 0.15) is 0 Å². The van der Waals surface area contributed by atoms with Gasteiger partial charge in [0.2, 0.25) is 0 Å². The first-order valence-electron chi connectivity index (χ1n) is 11.4. The quantitative estimate of drug-likeness (QED) is 0.621. The number of carbonyl (C=O) groups excluding carboxylic acids is 1. The smallest absolute Gasteiger partial charge is 0.372 e. The maximum Gasteiger partial charge on any atom is 0.391 e. The molecule has 2 heterocycles. The Kier molecular flexibility index (Phi) is 7.27. The molecule has 0 aromatic heterocycles. The van der Waals surface area contributed by atoms with Crippen LogP contribution in [0, 0.1) is 5.92 Å². The number of rotatable bonds is 5. The molecule has 3 N–H and O–H groups in total. The molecule has 2 aliphatic rings. The fourth-order valence-corrected chi connectivity index (χ4v) is 4.25. The Morgan fingerprint density at radius 3 is 2.06 bits per heavy atom. The van der Waals surface area contributed by atoms with Crippen molar-refractivity contribution in [2.24, 2.45) is 5.92 Å². The molecule has 2 aromatic carbocycles. The maximum absolute atomic E-state index is 12.9. The highest BCUT2D eigenvalue weighted by atomic mass is 19.4. The lowest BCUT2D eigenvalue weighted by molar-refractivity contribution is -0.179. The van der Waals surface area contributed by atoms with E-state index in [4.69, 9.17) is 0 Å². The number of piperazine rings is 1. The summed E-state index contributed by atoms with van der Waals surface area (Å²) in [4.78, 5) is 16.0. The van der Waals surface area contributed by atoms with Crippen LogP contribution in [0.5, 0.6) is 0 Å². The summed E-state index contributed by atoms with van der Waals surface area (Å²) in [6, 6.07) is 15.6. The number of carbonyl (C=O) groups is 1. The van der Waals surface area contributed by atoms with Gasteiger partial charge in [0.15, 0.2) is 0 Å². The van der Waals surface area contributed by atoms with Gasteiger partial charge in [-0.3, -0.25) is 0 Å². The first-order chi connectivity index (χ1) is 15.9. The maximum atomic E-state index is 12.9. The van der Waals surface area contributed by atoms with Gasteiger partial charge in [0, 0.05) is 62.9 Å². The van der Waals surface area contributed by atoms with Crippen molar-refractivity contribution in [2.45, 2.75) is 25.6 Å². The second kappa shape index (κ2) is 10.3. The third-order valence-corrected chi connectivity index (χ3v) is 6.28. The minimum atomic E-state index is -4.09. The number of nitrogens with one attached hydrogen (secondary N) is 3. The van der Waals surface area contributed by atoms with Gasteiger partial charge < -0.3 is 25.8 Å². The van der Waals surface area contributed by atoms with Crippen LogP contribution in [-0.2, 0) is 6.54 Å². The molecule has 0 bridgehead atoms. The normalized spacial score (nSPS) is 17.7. The second-order valence-electron chi connectivity index (χ2n) is 8.57. The lowest BCUT2D eigenvalue weighted by Crippen LogP contribution is -2.50.